The molecule has 0 aliphatic carbocycles. The molecule has 116 valence electrons. The molecule has 0 saturated heterocycles. The number of carbonyl (C=O) groups is 1. The van der Waals surface area contributed by atoms with Gasteiger partial charge >= 0.3 is 5.30 Å². The van der Waals surface area contributed by atoms with Gasteiger partial charge in [-0.05, 0) is 49.4 Å². The first kappa shape index (κ1) is 16.9. The lowest BCUT2D eigenvalue weighted by Crippen LogP contribution is -2.01. The summed E-state index contributed by atoms with van der Waals surface area (Å²) in [6, 6.07) is 11.8. The maximum atomic E-state index is 11.5. The van der Waals surface area contributed by atoms with Gasteiger partial charge < -0.3 is 9.47 Å². The molecule has 0 amide bonds. The lowest BCUT2D eigenvalue weighted by Gasteiger charge is -2.13. The zero-order valence-corrected chi connectivity index (χ0v) is 15.1. The van der Waals surface area contributed by atoms with Crippen molar-refractivity contribution in [3.05, 3.63) is 57.6 Å². The summed E-state index contributed by atoms with van der Waals surface area (Å²) in [5.41, 5.74) is 3.22. The minimum absolute atomic E-state index is 0.342. The molecule has 0 fully saturated rings. The predicted octanol–water partition coefficient (Wildman–Crippen LogP) is 5.50. The molecule has 0 spiro atoms. The summed E-state index contributed by atoms with van der Waals surface area (Å²) in [6.07, 6.45) is 0. The van der Waals surface area contributed by atoms with E-state index in [0.29, 0.717) is 6.61 Å². The van der Waals surface area contributed by atoms with Gasteiger partial charge in [0.25, 0.3) is 0 Å². The van der Waals surface area contributed by atoms with Gasteiger partial charge in [-0.25, -0.2) is 4.79 Å². The minimum atomic E-state index is -0.342. The molecule has 0 aliphatic heterocycles. The van der Waals surface area contributed by atoms with E-state index in [1.165, 1.54) is 12.7 Å². The molecule has 2 aromatic carbocycles. The lowest BCUT2D eigenvalue weighted by molar-refractivity contribution is 0.200. The van der Waals surface area contributed by atoms with E-state index in [1.807, 2.05) is 37.3 Å². The second kappa shape index (κ2) is 7.70. The number of hydrogen-bond acceptors (Lipinski definition) is 4. The van der Waals surface area contributed by atoms with Crippen molar-refractivity contribution in [1.29, 1.82) is 0 Å². The average Bonchev–Trinajstić information content (AvgIpc) is 2.48. The highest BCUT2D eigenvalue weighted by molar-refractivity contribution is 9.10. The number of thioether (sulfide) groups is 1. The van der Waals surface area contributed by atoms with Crippen molar-refractivity contribution in [3.8, 4) is 5.75 Å². The molecule has 0 heterocycles. The fourth-order valence-corrected chi connectivity index (χ4v) is 3.33. The molecule has 0 saturated carbocycles. The largest absolute Gasteiger partial charge is 0.489 e. The third-order valence-electron chi connectivity index (χ3n) is 3.14. The fourth-order valence-electron chi connectivity index (χ4n) is 2.02. The van der Waals surface area contributed by atoms with Gasteiger partial charge in [-0.2, -0.15) is 0 Å². The molecule has 22 heavy (non-hydrogen) atoms. The number of methoxy groups -OCH3 is 1. The molecule has 0 aliphatic rings. The summed E-state index contributed by atoms with van der Waals surface area (Å²) < 4.78 is 11.5. The molecule has 0 atom stereocenters. The summed E-state index contributed by atoms with van der Waals surface area (Å²) in [7, 11) is 1.37. The molecule has 3 nitrogen and oxygen atoms in total. The van der Waals surface area contributed by atoms with Crippen LogP contribution in [0, 0.1) is 13.8 Å². The number of aryl methyl sites for hydroxylation is 2. The summed E-state index contributed by atoms with van der Waals surface area (Å²) >= 11 is 4.57. The Morgan fingerprint density at radius 2 is 2.00 bits per heavy atom. The van der Waals surface area contributed by atoms with Crippen molar-refractivity contribution < 1.29 is 14.3 Å². The monoisotopic (exact) mass is 380 g/mol. The zero-order chi connectivity index (χ0) is 16.1. The standard InChI is InChI=1S/C17H17BrO3S/c1-11-7-8-15(12(2)9-11)21-10-13-14(18)5-4-6-16(13)22-17(19)20-3/h4-9H,10H2,1-3H3. The van der Waals surface area contributed by atoms with Crippen LogP contribution in [0.15, 0.2) is 45.8 Å². The maximum Gasteiger partial charge on any atom is 0.371 e. The van der Waals surface area contributed by atoms with Crippen molar-refractivity contribution in [2.24, 2.45) is 0 Å². The third kappa shape index (κ3) is 4.27. The number of rotatable bonds is 4. The summed E-state index contributed by atoms with van der Waals surface area (Å²) in [6.45, 7) is 4.45. The van der Waals surface area contributed by atoms with Crippen LogP contribution >= 0.6 is 27.7 Å². The van der Waals surface area contributed by atoms with Crippen LogP contribution in [0.4, 0.5) is 4.79 Å². The molecular weight excluding hydrogens is 364 g/mol. The van der Waals surface area contributed by atoms with E-state index in [-0.39, 0.29) is 5.30 Å². The highest BCUT2D eigenvalue weighted by Gasteiger charge is 2.13. The normalized spacial score (nSPS) is 10.4. The molecule has 2 rings (SSSR count). The van der Waals surface area contributed by atoms with E-state index in [2.05, 4.69) is 28.9 Å². The SMILES string of the molecule is COC(=O)Sc1cccc(Br)c1COc1ccc(C)cc1C. The lowest BCUT2D eigenvalue weighted by atomic mass is 10.1. The van der Waals surface area contributed by atoms with Gasteiger partial charge in [-0.1, -0.05) is 39.7 Å². The third-order valence-corrected chi connectivity index (χ3v) is 4.82. The maximum absolute atomic E-state index is 11.5. The van der Waals surface area contributed by atoms with Gasteiger partial charge in [0.05, 0.1) is 7.11 Å². The quantitative estimate of drug-likeness (QED) is 0.517. The van der Waals surface area contributed by atoms with Crippen molar-refractivity contribution in [2.45, 2.75) is 25.3 Å². The Labute approximate surface area is 143 Å². The van der Waals surface area contributed by atoms with Crippen LogP contribution in [0.25, 0.3) is 0 Å². The first-order chi connectivity index (χ1) is 10.5. The molecule has 0 aromatic heterocycles. The molecule has 2 aromatic rings. The number of halogens is 1. The van der Waals surface area contributed by atoms with E-state index < -0.39 is 0 Å². The number of ether oxygens (including phenoxy) is 2. The number of hydrogen-bond donors (Lipinski definition) is 0. The molecule has 0 N–H and O–H groups in total. The van der Waals surface area contributed by atoms with E-state index in [4.69, 9.17) is 9.47 Å². The van der Waals surface area contributed by atoms with Crippen LogP contribution in [0.5, 0.6) is 5.75 Å². The Kier molecular flexibility index (Phi) is 5.91. The number of carbonyl (C=O) groups excluding carboxylic acids is 1. The minimum Gasteiger partial charge on any atom is -0.489 e. The van der Waals surface area contributed by atoms with E-state index in [1.54, 1.807) is 0 Å². The molecule has 0 radical (unpaired) electrons. The topological polar surface area (TPSA) is 35.5 Å². The van der Waals surface area contributed by atoms with E-state index >= 15 is 0 Å². The first-order valence-corrected chi connectivity index (χ1v) is 8.35. The van der Waals surface area contributed by atoms with Crippen LogP contribution in [0.3, 0.4) is 0 Å². The van der Waals surface area contributed by atoms with Crippen molar-refractivity contribution >= 4 is 33.0 Å². The van der Waals surface area contributed by atoms with Gasteiger partial charge in [0.15, 0.2) is 0 Å². The number of benzene rings is 2. The van der Waals surface area contributed by atoms with E-state index in [9.17, 15) is 4.79 Å². The Bertz CT molecular complexity index is 686. The van der Waals surface area contributed by atoms with Crippen molar-refractivity contribution in [2.75, 3.05) is 7.11 Å². The van der Waals surface area contributed by atoms with Crippen molar-refractivity contribution in [1.82, 2.24) is 0 Å². The predicted molar refractivity (Wildman–Crippen MR) is 92.7 cm³/mol. The van der Waals surface area contributed by atoms with Crippen LogP contribution < -0.4 is 4.74 Å². The van der Waals surface area contributed by atoms with E-state index in [0.717, 1.165) is 38.0 Å². The first-order valence-electron chi connectivity index (χ1n) is 6.74. The zero-order valence-electron chi connectivity index (χ0n) is 12.7. The Morgan fingerprint density at radius 1 is 1.23 bits per heavy atom. The fraction of sp³-hybridized carbons (Fsp3) is 0.235. The Morgan fingerprint density at radius 3 is 2.68 bits per heavy atom. The second-order valence-corrected chi connectivity index (χ2v) is 6.66. The average molecular weight is 381 g/mol. The molecule has 0 unspecified atom stereocenters. The van der Waals surface area contributed by atoms with Gasteiger partial charge in [-0.15, -0.1) is 0 Å². The summed E-state index contributed by atoms with van der Waals surface area (Å²) in [5.74, 6) is 0.843. The smallest absolute Gasteiger partial charge is 0.371 e. The van der Waals surface area contributed by atoms with Gasteiger partial charge in [0.2, 0.25) is 0 Å². The van der Waals surface area contributed by atoms with Gasteiger partial charge in [0, 0.05) is 14.9 Å². The Hall–Kier alpha value is -1.46. The van der Waals surface area contributed by atoms with Crippen LogP contribution in [-0.2, 0) is 11.3 Å². The van der Waals surface area contributed by atoms with Crippen LogP contribution in [0.2, 0.25) is 0 Å². The highest BCUT2D eigenvalue weighted by atomic mass is 79.9. The highest BCUT2D eigenvalue weighted by Crippen LogP contribution is 2.31. The Balaban J connectivity index is 2.19. The van der Waals surface area contributed by atoms with Gasteiger partial charge in [-0.3, -0.25) is 0 Å². The molecule has 0 bridgehead atoms. The van der Waals surface area contributed by atoms with Crippen LogP contribution in [-0.4, -0.2) is 12.4 Å². The summed E-state index contributed by atoms with van der Waals surface area (Å²) in [5, 5.41) is -0.342. The molecular formula is C17H17BrO3S. The van der Waals surface area contributed by atoms with Gasteiger partial charge in [0.1, 0.15) is 12.4 Å². The summed E-state index contributed by atoms with van der Waals surface area (Å²) in [4.78, 5) is 12.3. The second-order valence-electron chi connectivity index (χ2n) is 4.83. The van der Waals surface area contributed by atoms with Crippen LogP contribution in [0.1, 0.15) is 16.7 Å². The van der Waals surface area contributed by atoms with Crippen molar-refractivity contribution in [3.63, 3.8) is 0 Å². The molecule has 5 heteroatoms.